The summed E-state index contributed by atoms with van der Waals surface area (Å²) >= 11 is 3.59. The molecule has 0 aliphatic carbocycles. The third kappa shape index (κ3) is 6.22. The van der Waals surface area contributed by atoms with Gasteiger partial charge in [0.2, 0.25) is 0 Å². The van der Waals surface area contributed by atoms with Crippen LogP contribution in [0.15, 0.2) is 22.7 Å². The number of rotatable bonds is 10. The van der Waals surface area contributed by atoms with Crippen molar-refractivity contribution in [2.45, 2.75) is 18.9 Å². The maximum atomic E-state index is 5.52. The van der Waals surface area contributed by atoms with Gasteiger partial charge < -0.3 is 19.5 Å². The minimum atomic E-state index is 0.376. The van der Waals surface area contributed by atoms with E-state index in [2.05, 4.69) is 27.3 Å². The second-order valence-electron chi connectivity index (χ2n) is 4.54. The summed E-state index contributed by atoms with van der Waals surface area (Å²) in [5.74, 6) is 0.884. The van der Waals surface area contributed by atoms with Gasteiger partial charge in [-0.25, -0.2) is 0 Å². The van der Waals surface area contributed by atoms with Crippen molar-refractivity contribution in [3.8, 4) is 5.75 Å². The highest BCUT2D eigenvalue weighted by Gasteiger charge is 2.10. The molecular formula is C15H24BrNO3. The van der Waals surface area contributed by atoms with E-state index in [1.807, 2.05) is 19.2 Å². The first-order valence-corrected chi connectivity index (χ1v) is 7.57. The molecule has 1 rings (SSSR count). The Labute approximate surface area is 129 Å². The van der Waals surface area contributed by atoms with Crippen molar-refractivity contribution >= 4 is 15.9 Å². The van der Waals surface area contributed by atoms with Crippen LogP contribution in [0.3, 0.4) is 0 Å². The van der Waals surface area contributed by atoms with Crippen LogP contribution >= 0.6 is 15.9 Å². The number of hydrogen-bond donors (Lipinski definition) is 1. The topological polar surface area (TPSA) is 39.7 Å². The van der Waals surface area contributed by atoms with Crippen molar-refractivity contribution in [3.05, 3.63) is 28.2 Å². The summed E-state index contributed by atoms with van der Waals surface area (Å²) in [5, 5.41) is 3.33. The van der Waals surface area contributed by atoms with Crippen LogP contribution in [-0.4, -0.2) is 47.1 Å². The third-order valence-corrected chi connectivity index (χ3v) is 3.94. The van der Waals surface area contributed by atoms with Crippen LogP contribution in [0.2, 0.25) is 0 Å². The molecule has 0 aliphatic rings. The van der Waals surface area contributed by atoms with Gasteiger partial charge in [-0.1, -0.05) is 15.9 Å². The van der Waals surface area contributed by atoms with E-state index in [1.54, 1.807) is 14.2 Å². The fourth-order valence-corrected chi connectivity index (χ4v) is 2.33. The number of nitrogens with one attached hydrogen (secondary N) is 1. The number of methoxy groups -OCH3 is 2. The van der Waals surface area contributed by atoms with Gasteiger partial charge in [0, 0.05) is 24.2 Å². The van der Waals surface area contributed by atoms with E-state index >= 15 is 0 Å². The van der Waals surface area contributed by atoms with Gasteiger partial charge in [-0.3, -0.25) is 0 Å². The molecule has 0 amide bonds. The second-order valence-corrected chi connectivity index (χ2v) is 5.40. The summed E-state index contributed by atoms with van der Waals surface area (Å²) in [6.45, 7) is 2.03. The van der Waals surface area contributed by atoms with E-state index in [4.69, 9.17) is 14.2 Å². The quantitative estimate of drug-likeness (QED) is 0.661. The van der Waals surface area contributed by atoms with E-state index in [-0.39, 0.29) is 0 Å². The predicted octanol–water partition coefficient (Wildman–Crippen LogP) is 2.64. The van der Waals surface area contributed by atoms with Crippen LogP contribution in [0, 0.1) is 0 Å². The monoisotopic (exact) mass is 345 g/mol. The number of hydrogen-bond acceptors (Lipinski definition) is 4. The number of ether oxygens (including phenoxy) is 3. The van der Waals surface area contributed by atoms with Crippen LogP contribution in [0.1, 0.15) is 12.0 Å². The highest BCUT2D eigenvalue weighted by molar-refractivity contribution is 9.10. The molecule has 0 radical (unpaired) electrons. The van der Waals surface area contributed by atoms with E-state index in [9.17, 15) is 0 Å². The summed E-state index contributed by atoms with van der Waals surface area (Å²) in [4.78, 5) is 0. The van der Waals surface area contributed by atoms with E-state index in [0.717, 1.165) is 29.7 Å². The zero-order valence-electron chi connectivity index (χ0n) is 12.4. The lowest BCUT2D eigenvalue weighted by molar-refractivity contribution is 0.0661. The minimum absolute atomic E-state index is 0.376. The van der Waals surface area contributed by atoms with Crippen LogP contribution in [0.25, 0.3) is 0 Å². The zero-order valence-corrected chi connectivity index (χ0v) is 14.0. The Bertz CT molecular complexity index is 387. The number of halogens is 1. The summed E-state index contributed by atoms with van der Waals surface area (Å²) in [6, 6.07) is 6.42. The van der Waals surface area contributed by atoms with Crippen molar-refractivity contribution in [2.24, 2.45) is 0 Å². The van der Waals surface area contributed by atoms with Crippen LogP contribution in [-0.2, 0) is 15.9 Å². The Morgan fingerprint density at radius 1 is 1.20 bits per heavy atom. The molecule has 1 N–H and O–H groups in total. The van der Waals surface area contributed by atoms with E-state index in [1.165, 1.54) is 5.56 Å². The van der Waals surface area contributed by atoms with Gasteiger partial charge in [-0.15, -0.1) is 0 Å². The largest absolute Gasteiger partial charge is 0.497 e. The van der Waals surface area contributed by atoms with E-state index in [0.29, 0.717) is 19.3 Å². The standard InChI is InChI=1S/C15H24BrNO3/c1-17-13(6-7-20-9-8-18-2)10-12-11-14(19-3)4-5-15(12)16/h4-5,11,13,17H,6-10H2,1-3H3. The van der Waals surface area contributed by atoms with Gasteiger partial charge in [-0.2, -0.15) is 0 Å². The Kier molecular flexibility index (Phi) is 8.85. The fraction of sp³-hybridized carbons (Fsp3) is 0.600. The molecule has 4 nitrogen and oxygen atoms in total. The Morgan fingerprint density at radius 3 is 2.65 bits per heavy atom. The van der Waals surface area contributed by atoms with Crippen LogP contribution in [0.4, 0.5) is 0 Å². The van der Waals surface area contributed by atoms with Crippen molar-refractivity contribution in [3.63, 3.8) is 0 Å². The first-order valence-electron chi connectivity index (χ1n) is 6.77. The van der Waals surface area contributed by atoms with Gasteiger partial charge in [0.05, 0.1) is 20.3 Å². The molecule has 0 spiro atoms. The van der Waals surface area contributed by atoms with Gasteiger partial charge in [0.25, 0.3) is 0 Å². The molecule has 1 aromatic rings. The SMILES string of the molecule is CNC(CCOCCOC)Cc1cc(OC)ccc1Br. The van der Waals surface area contributed by atoms with Gasteiger partial charge >= 0.3 is 0 Å². The van der Waals surface area contributed by atoms with Crippen molar-refractivity contribution in [1.82, 2.24) is 5.32 Å². The molecule has 0 aliphatic heterocycles. The summed E-state index contributed by atoms with van der Waals surface area (Å²) in [5.41, 5.74) is 1.24. The highest BCUT2D eigenvalue weighted by atomic mass is 79.9. The third-order valence-electron chi connectivity index (χ3n) is 3.17. The molecule has 0 saturated heterocycles. The van der Waals surface area contributed by atoms with E-state index < -0.39 is 0 Å². The maximum absolute atomic E-state index is 5.52. The molecule has 0 saturated carbocycles. The molecule has 0 bridgehead atoms. The average molecular weight is 346 g/mol. The first kappa shape index (κ1) is 17.4. The minimum Gasteiger partial charge on any atom is -0.497 e. The lowest BCUT2D eigenvalue weighted by Gasteiger charge is -2.17. The average Bonchev–Trinajstić information content (AvgIpc) is 2.47. The molecule has 1 aromatic carbocycles. The highest BCUT2D eigenvalue weighted by Crippen LogP contribution is 2.24. The Morgan fingerprint density at radius 2 is 2.00 bits per heavy atom. The smallest absolute Gasteiger partial charge is 0.119 e. The maximum Gasteiger partial charge on any atom is 0.119 e. The lowest BCUT2D eigenvalue weighted by atomic mass is 10.0. The van der Waals surface area contributed by atoms with Gasteiger partial charge in [-0.05, 0) is 43.7 Å². The molecular weight excluding hydrogens is 322 g/mol. The van der Waals surface area contributed by atoms with Crippen molar-refractivity contribution < 1.29 is 14.2 Å². The van der Waals surface area contributed by atoms with Gasteiger partial charge in [0.1, 0.15) is 5.75 Å². The Hall–Kier alpha value is -0.620. The summed E-state index contributed by atoms with van der Waals surface area (Å²) in [6.07, 6.45) is 1.89. The molecule has 1 unspecified atom stereocenters. The molecule has 5 heteroatoms. The zero-order chi connectivity index (χ0) is 14.8. The lowest BCUT2D eigenvalue weighted by Crippen LogP contribution is -2.29. The number of likely N-dealkylation sites (N-methyl/N-ethyl adjacent to an activating group) is 1. The normalized spacial score (nSPS) is 12.4. The van der Waals surface area contributed by atoms with Gasteiger partial charge in [0.15, 0.2) is 0 Å². The molecule has 114 valence electrons. The molecule has 0 aromatic heterocycles. The summed E-state index contributed by atoms with van der Waals surface area (Å²) < 4.78 is 16.8. The van der Waals surface area contributed by atoms with Crippen LogP contribution < -0.4 is 10.1 Å². The summed E-state index contributed by atoms with van der Waals surface area (Å²) in [7, 11) is 5.35. The molecule has 0 heterocycles. The predicted molar refractivity (Wildman–Crippen MR) is 84.6 cm³/mol. The van der Waals surface area contributed by atoms with Crippen LogP contribution in [0.5, 0.6) is 5.75 Å². The first-order chi connectivity index (χ1) is 9.71. The van der Waals surface area contributed by atoms with Crippen molar-refractivity contribution in [1.29, 1.82) is 0 Å². The molecule has 0 fully saturated rings. The molecule has 20 heavy (non-hydrogen) atoms. The second kappa shape index (κ2) is 10.2. The number of benzene rings is 1. The van der Waals surface area contributed by atoms with Crippen molar-refractivity contribution in [2.75, 3.05) is 41.1 Å². The Balaban J connectivity index is 2.46. The fourth-order valence-electron chi connectivity index (χ4n) is 1.92. The molecule has 1 atom stereocenters.